The van der Waals surface area contributed by atoms with Gasteiger partial charge < -0.3 is 9.64 Å². The average molecular weight is 307 g/mol. The number of para-hydroxylation sites is 1. The van der Waals surface area contributed by atoms with Gasteiger partial charge in [0.25, 0.3) is 0 Å². The van der Waals surface area contributed by atoms with Crippen LogP contribution < -0.4 is 4.74 Å². The maximum absolute atomic E-state index is 12.2. The highest BCUT2D eigenvalue weighted by atomic mass is 32.2. The number of carbonyl (C=O) groups excluding carboxylic acids is 2. The summed E-state index contributed by atoms with van der Waals surface area (Å²) in [4.78, 5) is 25.3. The predicted molar refractivity (Wildman–Crippen MR) is 84.4 cm³/mol. The third-order valence-corrected chi connectivity index (χ3v) is 4.57. The number of amides is 1. The van der Waals surface area contributed by atoms with E-state index in [0.717, 1.165) is 11.3 Å². The van der Waals surface area contributed by atoms with Gasteiger partial charge in [-0.15, -0.1) is 0 Å². The molecule has 1 aliphatic rings. The highest BCUT2D eigenvalue weighted by molar-refractivity contribution is 8.14. The predicted octanol–water partition coefficient (Wildman–Crippen LogP) is 3.03. The first kappa shape index (κ1) is 15.9. The van der Waals surface area contributed by atoms with Crippen molar-refractivity contribution in [2.24, 2.45) is 0 Å². The Bertz CT molecular complexity index is 532. The van der Waals surface area contributed by atoms with Gasteiger partial charge >= 0.3 is 0 Å². The maximum atomic E-state index is 12.2. The Labute approximate surface area is 129 Å². The van der Waals surface area contributed by atoms with Crippen molar-refractivity contribution in [3.63, 3.8) is 0 Å². The Morgan fingerprint density at radius 1 is 1.48 bits per heavy atom. The third kappa shape index (κ3) is 3.79. The van der Waals surface area contributed by atoms with Crippen LogP contribution in [0.5, 0.6) is 5.75 Å². The monoisotopic (exact) mass is 307 g/mol. The number of thioether (sulfide) groups is 1. The molecule has 114 valence electrons. The number of hydrogen-bond acceptors (Lipinski definition) is 4. The van der Waals surface area contributed by atoms with Gasteiger partial charge in [0.2, 0.25) is 5.91 Å². The lowest BCUT2D eigenvalue weighted by Crippen LogP contribution is -2.29. The molecule has 0 N–H and O–H groups in total. The van der Waals surface area contributed by atoms with Crippen molar-refractivity contribution in [2.75, 3.05) is 13.2 Å². The molecule has 1 amide bonds. The van der Waals surface area contributed by atoms with Gasteiger partial charge in [-0.2, -0.15) is 0 Å². The van der Waals surface area contributed by atoms with E-state index in [-0.39, 0.29) is 22.3 Å². The second kappa shape index (κ2) is 6.98. The van der Waals surface area contributed by atoms with E-state index in [1.165, 1.54) is 11.8 Å². The fraction of sp³-hybridized carbons (Fsp3) is 0.500. The van der Waals surface area contributed by atoms with Crippen molar-refractivity contribution in [2.45, 2.75) is 38.5 Å². The summed E-state index contributed by atoms with van der Waals surface area (Å²) in [6, 6.07) is 7.77. The molecule has 0 aliphatic carbocycles. The standard InChI is InChI=1S/C16H21NO3S/c1-4-20-15-8-6-5-7-14(15)11(2)17-10-13(9-16(17)19)21-12(3)18/h5-8,11,13H,4,9-10H2,1-3H3. The minimum absolute atomic E-state index is 0.0437. The number of rotatable bonds is 5. The summed E-state index contributed by atoms with van der Waals surface area (Å²) >= 11 is 1.26. The third-order valence-electron chi connectivity index (χ3n) is 3.59. The summed E-state index contributed by atoms with van der Waals surface area (Å²) < 4.78 is 5.65. The van der Waals surface area contributed by atoms with E-state index >= 15 is 0 Å². The molecular weight excluding hydrogens is 286 g/mol. The molecule has 0 spiro atoms. The van der Waals surface area contributed by atoms with Gasteiger partial charge in [-0.05, 0) is 19.9 Å². The lowest BCUT2D eigenvalue weighted by atomic mass is 10.1. The molecule has 5 heteroatoms. The number of nitrogens with zero attached hydrogens (tertiary/aromatic N) is 1. The highest BCUT2D eigenvalue weighted by Gasteiger charge is 2.34. The summed E-state index contributed by atoms with van der Waals surface area (Å²) in [6.07, 6.45) is 0.436. The van der Waals surface area contributed by atoms with Gasteiger partial charge in [-0.25, -0.2) is 0 Å². The van der Waals surface area contributed by atoms with E-state index in [9.17, 15) is 9.59 Å². The molecule has 2 atom stereocenters. The van der Waals surface area contributed by atoms with E-state index in [0.29, 0.717) is 19.6 Å². The number of benzene rings is 1. The lowest BCUT2D eigenvalue weighted by molar-refractivity contribution is -0.129. The molecule has 2 rings (SSSR count). The zero-order chi connectivity index (χ0) is 15.4. The van der Waals surface area contributed by atoms with Crippen molar-refractivity contribution >= 4 is 22.8 Å². The van der Waals surface area contributed by atoms with E-state index in [1.807, 2.05) is 43.0 Å². The van der Waals surface area contributed by atoms with Crippen LogP contribution in [0.4, 0.5) is 0 Å². The number of hydrogen-bond donors (Lipinski definition) is 0. The number of likely N-dealkylation sites (tertiary alicyclic amines) is 1. The number of ether oxygens (including phenoxy) is 1. The molecule has 2 unspecified atom stereocenters. The zero-order valence-electron chi connectivity index (χ0n) is 12.7. The SMILES string of the molecule is CCOc1ccccc1C(C)N1CC(SC(C)=O)CC1=O. The first-order chi connectivity index (χ1) is 10.0. The van der Waals surface area contributed by atoms with Crippen molar-refractivity contribution in [1.82, 2.24) is 4.90 Å². The first-order valence-electron chi connectivity index (χ1n) is 7.21. The van der Waals surface area contributed by atoms with Crippen LogP contribution >= 0.6 is 11.8 Å². The lowest BCUT2D eigenvalue weighted by Gasteiger charge is -2.26. The Balaban J connectivity index is 2.15. The van der Waals surface area contributed by atoms with E-state index in [4.69, 9.17) is 4.74 Å². The second-order valence-corrected chi connectivity index (χ2v) is 6.61. The highest BCUT2D eigenvalue weighted by Crippen LogP contribution is 2.34. The van der Waals surface area contributed by atoms with Crippen LogP contribution in [0.2, 0.25) is 0 Å². The Morgan fingerprint density at radius 3 is 2.86 bits per heavy atom. The Hall–Kier alpha value is -1.49. The maximum Gasteiger partial charge on any atom is 0.224 e. The molecule has 1 fully saturated rings. The molecule has 1 heterocycles. The Morgan fingerprint density at radius 2 is 2.19 bits per heavy atom. The van der Waals surface area contributed by atoms with Crippen LogP contribution in [-0.4, -0.2) is 34.3 Å². The number of carbonyl (C=O) groups is 2. The fourth-order valence-corrected chi connectivity index (χ4v) is 3.60. The van der Waals surface area contributed by atoms with Crippen LogP contribution in [0.3, 0.4) is 0 Å². The normalized spacial score (nSPS) is 19.7. The van der Waals surface area contributed by atoms with Crippen LogP contribution in [-0.2, 0) is 9.59 Å². The summed E-state index contributed by atoms with van der Waals surface area (Å²) in [7, 11) is 0. The summed E-state index contributed by atoms with van der Waals surface area (Å²) in [5, 5.41) is 0.133. The summed E-state index contributed by atoms with van der Waals surface area (Å²) in [6.45, 7) is 6.72. The van der Waals surface area contributed by atoms with E-state index in [1.54, 1.807) is 6.92 Å². The van der Waals surface area contributed by atoms with E-state index < -0.39 is 0 Å². The molecule has 0 saturated carbocycles. The molecule has 1 aromatic rings. The zero-order valence-corrected chi connectivity index (χ0v) is 13.5. The quantitative estimate of drug-likeness (QED) is 0.839. The van der Waals surface area contributed by atoms with Crippen molar-refractivity contribution in [3.8, 4) is 5.75 Å². The van der Waals surface area contributed by atoms with Crippen molar-refractivity contribution < 1.29 is 14.3 Å². The van der Waals surface area contributed by atoms with Gasteiger partial charge in [0.15, 0.2) is 5.12 Å². The van der Waals surface area contributed by atoms with Crippen molar-refractivity contribution in [3.05, 3.63) is 29.8 Å². The van der Waals surface area contributed by atoms with Gasteiger partial charge in [0.05, 0.1) is 12.6 Å². The molecule has 0 radical (unpaired) electrons. The van der Waals surface area contributed by atoms with Gasteiger partial charge in [0.1, 0.15) is 5.75 Å². The second-order valence-electron chi connectivity index (χ2n) is 5.13. The largest absolute Gasteiger partial charge is 0.494 e. The molecule has 1 aliphatic heterocycles. The van der Waals surface area contributed by atoms with Gasteiger partial charge in [0, 0.05) is 30.7 Å². The molecule has 4 nitrogen and oxygen atoms in total. The summed E-state index contributed by atoms with van der Waals surface area (Å²) in [5.41, 5.74) is 1.01. The first-order valence-corrected chi connectivity index (χ1v) is 8.09. The molecule has 1 saturated heterocycles. The average Bonchev–Trinajstić information content (AvgIpc) is 2.79. The Kier molecular flexibility index (Phi) is 5.28. The van der Waals surface area contributed by atoms with Gasteiger partial charge in [-0.1, -0.05) is 30.0 Å². The van der Waals surface area contributed by atoms with Crippen LogP contribution in [0.1, 0.15) is 38.8 Å². The topological polar surface area (TPSA) is 46.6 Å². The van der Waals surface area contributed by atoms with E-state index in [2.05, 4.69) is 0 Å². The fourth-order valence-electron chi connectivity index (χ4n) is 2.67. The minimum Gasteiger partial charge on any atom is -0.494 e. The minimum atomic E-state index is -0.0437. The molecule has 0 bridgehead atoms. The van der Waals surface area contributed by atoms with Crippen LogP contribution in [0.15, 0.2) is 24.3 Å². The van der Waals surface area contributed by atoms with Crippen molar-refractivity contribution in [1.29, 1.82) is 0 Å². The smallest absolute Gasteiger partial charge is 0.224 e. The summed E-state index contributed by atoms with van der Waals surface area (Å²) in [5.74, 6) is 0.926. The molecule has 0 aromatic heterocycles. The van der Waals surface area contributed by atoms with Crippen LogP contribution in [0, 0.1) is 0 Å². The molecular formula is C16H21NO3S. The van der Waals surface area contributed by atoms with Crippen LogP contribution in [0.25, 0.3) is 0 Å². The molecule has 1 aromatic carbocycles. The van der Waals surface area contributed by atoms with Gasteiger partial charge in [-0.3, -0.25) is 9.59 Å². The molecule has 21 heavy (non-hydrogen) atoms.